The number of nitrogens with zero attached hydrogens (tertiary/aromatic N) is 2. The van der Waals surface area contributed by atoms with Crippen LogP contribution in [0.5, 0.6) is 11.5 Å². The van der Waals surface area contributed by atoms with Gasteiger partial charge in [0.2, 0.25) is 0 Å². The van der Waals surface area contributed by atoms with Gasteiger partial charge in [-0.15, -0.1) is 0 Å². The summed E-state index contributed by atoms with van der Waals surface area (Å²) in [5, 5.41) is 3.35. The molecule has 0 atom stereocenters. The van der Waals surface area contributed by atoms with Crippen LogP contribution in [0.2, 0.25) is 0 Å². The third-order valence-electron chi connectivity index (χ3n) is 4.54. The Labute approximate surface area is 169 Å². The van der Waals surface area contributed by atoms with Crippen molar-refractivity contribution in [1.82, 2.24) is 15.2 Å². The quantitative estimate of drug-likeness (QED) is 0.662. The Morgan fingerprint density at radius 1 is 1.10 bits per heavy atom. The minimum atomic E-state index is -0.420. The smallest absolute Gasteiger partial charge is 0.252 e. The number of hydrogen-bond acceptors (Lipinski definition) is 5. The van der Waals surface area contributed by atoms with Crippen molar-refractivity contribution in [1.29, 1.82) is 0 Å². The van der Waals surface area contributed by atoms with E-state index in [1.165, 1.54) is 12.1 Å². The highest BCUT2D eigenvalue weighted by molar-refractivity contribution is 6.07. The molecule has 3 rings (SSSR count). The number of fused-ring (bicyclic) bond motifs is 1. The van der Waals surface area contributed by atoms with Crippen LogP contribution < -0.4 is 14.8 Å². The van der Waals surface area contributed by atoms with Crippen LogP contribution in [0.3, 0.4) is 0 Å². The molecule has 29 heavy (non-hydrogen) atoms. The fourth-order valence-corrected chi connectivity index (χ4v) is 3.02. The summed E-state index contributed by atoms with van der Waals surface area (Å²) in [7, 11) is 6.99. The van der Waals surface area contributed by atoms with Crippen LogP contribution in [-0.4, -0.2) is 57.2 Å². The molecule has 152 valence electrons. The molecule has 0 fully saturated rings. The lowest BCUT2D eigenvalue weighted by Crippen LogP contribution is -2.31. The second-order valence-electron chi connectivity index (χ2n) is 6.84. The van der Waals surface area contributed by atoms with Crippen LogP contribution in [0.15, 0.2) is 42.5 Å². The van der Waals surface area contributed by atoms with Gasteiger partial charge in [-0.25, -0.2) is 9.37 Å². The molecule has 7 heteroatoms. The number of hydrogen-bond donors (Lipinski definition) is 1. The van der Waals surface area contributed by atoms with Crippen LogP contribution >= 0.6 is 0 Å². The molecular formula is C22H24FN3O3. The minimum Gasteiger partial charge on any atom is -0.497 e. The van der Waals surface area contributed by atoms with Crippen molar-refractivity contribution in [3.05, 3.63) is 53.8 Å². The Balaban J connectivity index is 2.10. The number of pyridine rings is 1. The van der Waals surface area contributed by atoms with Gasteiger partial charge in [-0.1, -0.05) is 0 Å². The van der Waals surface area contributed by atoms with Crippen molar-refractivity contribution in [2.24, 2.45) is 0 Å². The molecule has 0 spiro atoms. The number of benzene rings is 2. The highest BCUT2D eigenvalue weighted by Gasteiger charge is 2.17. The summed E-state index contributed by atoms with van der Waals surface area (Å²) in [6, 6.07) is 11.3. The first-order valence-corrected chi connectivity index (χ1v) is 9.18. The number of aromatic nitrogens is 1. The van der Waals surface area contributed by atoms with Crippen molar-refractivity contribution < 1.29 is 18.7 Å². The maximum atomic E-state index is 13.9. The molecule has 6 nitrogen and oxygen atoms in total. The minimum absolute atomic E-state index is 0.279. The number of carbonyl (C=O) groups excluding carboxylic acids is 1. The fourth-order valence-electron chi connectivity index (χ4n) is 3.02. The van der Waals surface area contributed by atoms with Crippen LogP contribution in [0.4, 0.5) is 4.39 Å². The topological polar surface area (TPSA) is 63.7 Å². The number of rotatable bonds is 7. The summed E-state index contributed by atoms with van der Waals surface area (Å²) in [5.41, 5.74) is 2.16. The average molecular weight is 397 g/mol. The van der Waals surface area contributed by atoms with E-state index in [2.05, 4.69) is 10.3 Å². The number of amides is 1. The number of carbonyl (C=O) groups is 1. The van der Waals surface area contributed by atoms with Gasteiger partial charge in [0.15, 0.2) is 0 Å². The zero-order valence-electron chi connectivity index (χ0n) is 17.0. The average Bonchev–Trinajstić information content (AvgIpc) is 2.72. The Kier molecular flexibility index (Phi) is 6.29. The van der Waals surface area contributed by atoms with E-state index in [0.717, 1.165) is 0 Å². The van der Waals surface area contributed by atoms with Gasteiger partial charge in [0.25, 0.3) is 5.91 Å². The molecule has 1 amide bonds. The molecule has 0 aliphatic heterocycles. The molecule has 0 saturated carbocycles. The zero-order valence-corrected chi connectivity index (χ0v) is 17.0. The lowest BCUT2D eigenvalue weighted by atomic mass is 10.0. The highest BCUT2D eigenvalue weighted by atomic mass is 19.1. The summed E-state index contributed by atoms with van der Waals surface area (Å²) < 4.78 is 24.6. The van der Waals surface area contributed by atoms with Crippen molar-refractivity contribution in [3.8, 4) is 22.8 Å². The maximum Gasteiger partial charge on any atom is 0.252 e. The Bertz CT molecular complexity index is 1040. The van der Waals surface area contributed by atoms with Crippen LogP contribution in [0.25, 0.3) is 22.2 Å². The lowest BCUT2D eigenvalue weighted by molar-refractivity contribution is 0.0952. The molecule has 2 aromatic carbocycles. The molecule has 1 N–H and O–H groups in total. The fraction of sp³-hybridized carbons (Fsp3) is 0.273. The molecule has 0 unspecified atom stereocenters. The van der Waals surface area contributed by atoms with Gasteiger partial charge in [-0.05, 0) is 50.5 Å². The van der Waals surface area contributed by atoms with Crippen LogP contribution in [0.1, 0.15) is 10.4 Å². The Morgan fingerprint density at radius 2 is 1.90 bits per heavy atom. The zero-order chi connectivity index (χ0) is 21.0. The van der Waals surface area contributed by atoms with E-state index in [1.54, 1.807) is 38.5 Å². The van der Waals surface area contributed by atoms with Crippen molar-refractivity contribution in [2.45, 2.75) is 0 Å². The van der Waals surface area contributed by atoms with E-state index in [0.29, 0.717) is 52.3 Å². The third kappa shape index (κ3) is 4.63. The van der Waals surface area contributed by atoms with Gasteiger partial charge in [-0.2, -0.15) is 0 Å². The molecule has 0 saturated heterocycles. The molecule has 1 heterocycles. The molecule has 0 bridgehead atoms. The van der Waals surface area contributed by atoms with E-state index in [1.807, 2.05) is 25.1 Å². The molecule has 0 aliphatic carbocycles. The van der Waals surface area contributed by atoms with Gasteiger partial charge in [0.05, 0.1) is 31.0 Å². The van der Waals surface area contributed by atoms with E-state index in [4.69, 9.17) is 9.47 Å². The predicted molar refractivity (Wildman–Crippen MR) is 111 cm³/mol. The van der Waals surface area contributed by atoms with E-state index >= 15 is 0 Å². The van der Waals surface area contributed by atoms with E-state index in [9.17, 15) is 9.18 Å². The van der Waals surface area contributed by atoms with Crippen LogP contribution in [-0.2, 0) is 0 Å². The second-order valence-corrected chi connectivity index (χ2v) is 6.84. The SMILES string of the molecule is COc1ccc(-c2cc(C(=O)NCCN(C)C)c3cc(F)ccc3n2)c(OC)c1. The molecule has 0 radical (unpaired) electrons. The van der Waals surface area contributed by atoms with Gasteiger partial charge in [0, 0.05) is 30.1 Å². The first-order valence-electron chi connectivity index (χ1n) is 9.18. The highest BCUT2D eigenvalue weighted by Crippen LogP contribution is 2.34. The lowest BCUT2D eigenvalue weighted by Gasteiger charge is -2.14. The van der Waals surface area contributed by atoms with Gasteiger partial charge < -0.3 is 19.7 Å². The summed E-state index contributed by atoms with van der Waals surface area (Å²) in [5.74, 6) is 0.516. The Morgan fingerprint density at radius 3 is 2.59 bits per heavy atom. The van der Waals surface area contributed by atoms with E-state index in [-0.39, 0.29) is 5.91 Å². The molecule has 3 aromatic rings. The number of nitrogens with one attached hydrogen (secondary N) is 1. The van der Waals surface area contributed by atoms with Crippen molar-refractivity contribution in [3.63, 3.8) is 0 Å². The summed E-state index contributed by atoms with van der Waals surface area (Å²) >= 11 is 0. The second kappa shape index (κ2) is 8.87. The van der Waals surface area contributed by atoms with Crippen molar-refractivity contribution >= 4 is 16.8 Å². The predicted octanol–water partition coefficient (Wildman–Crippen LogP) is 3.35. The number of halogens is 1. The monoisotopic (exact) mass is 397 g/mol. The van der Waals surface area contributed by atoms with Crippen LogP contribution in [0, 0.1) is 5.82 Å². The summed E-state index contributed by atoms with van der Waals surface area (Å²) in [6.45, 7) is 1.18. The normalized spacial score (nSPS) is 11.0. The van der Waals surface area contributed by atoms with Gasteiger partial charge in [0.1, 0.15) is 17.3 Å². The van der Waals surface area contributed by atoms with Crippen molar-refractivity contribution in [2.75, 3.05) is 41.4 Å². The number of ether oxygens (including phenoxy) is 2. The largest absolute Gasteiger partial charge is 0.497 e. The third-order valence-corrected chi connectivity index (χ3v) is 4.54. The summed E-state index contributed by atoms with van der Waals surface area (Å²) in [4.78, 5) is 19.5. The first kappa shape index (κ1) is 20.5. The standard InChI is InChI=1S/C22H24FN3O3/c1-26(2)10-9-24-22(27)18-13-20(25-19-8-5-14(23)11-17(18)19)16-7-6-15(28-3)12-21(16)29-4/h5-8,11-13H,9-10H2,1-4H3,(H,24,27). The molecule has 1 aromatic heterocycles. The molecule has 0 aliphatic rings. The Hall–Kier alpha value is -3.19. The first-order chi connectivity index (χ1) is 13.9. The number of likely N-dealkylation sites (N-methyl/N-ethyl adjacent to an activating group) is 1. The maximum absolute atomic E-state index is 13.9. The summed E-state index contributed by atoms with van der Waals surface area (Å²) in [6.07, 6.45) is 0. The number of methoxy groups -OCH3 is 2. The van der Waals surface area contributed by atoms with Gasteiger partial charge in [-0.3, -0.25) is 4.79 Å². The molecular weight excluding hydrogens is 373 g/mol. The van der Waals surface area contributed by atoms with E-state index < -0.39 is 5.82 Å². The van der Waals surface area contributed by atoms with Gasteiger partial charge >= 0.3 is 0 Å².